The predicted molar refractivity (Wildman–Crippen MR) is 73.7 cm³/mol. The van der Waals surface area contributed by atoms with Crippen LogP contribution in [0.1, 0.15) is 18.1 Å². The van der Waals surface area contributed by atoms with Crippen LogP contribution in [-0.2, 0) is 16.0 Å². The molecule has 0 atom stereocenters. The van der Waals surface area contributed by atoms with Crippen molar-refractivity contribution in [3.05, 3.63) is 47.1 Å². The average Bonchev–Trinajstić information content (AvgIpc) is 2.44. The lowest BCUT2D eigenvalue weighted by Gasteiger charge is -2.04. The summed E-state index contributed by atoms with van der Waals surface area (Å²) in [5.74, 6) is -0.233. The molecule has 0 fully saturated rings. The van der Waals surface area contributed by atoms with Gasteiger partial charge < -0.3 is 14.9 Å². The van der Waals surface area contributed by atoms with Crippen molar-refractivity contribution in [3.63, 3.8) is 0 Å². The highest BCUT2D eigenvalue weighted by Crippen LogP contribution is 2.20. The number of esters is 1. The third-order valence-electron chi connectivity index (χ3n) is 2.64. The van der Waals surface area contributed by atoms with Crippen LogP contribution in [0.4, 0.5) is 0 Å². The van der Waals surface area contributed by atoms with Crippen LogP contribution in [0.5, 0.6) is 5.75 Å². The summed E-state index contributed by atoms with van der Waals surface area (Å²) in [7, 11) is 1.32. The maximum absolute atomic E-state index is 11.0. The highest BCUT2D eigenvalue weighted by atomic mass is 16.5. The Hall–Kier alpha value is -2.07. The second-order valence-corrected chi connectivity index (χ2v) is 4.16. The first kappa shape index (κ1) is 15.0. The van der Waals surface area contributed by atoms with Crippen LogP contribution < -0.4 is 0 Å². The number of phenolic OH excluding ortho intramolecular Hbond substituents is 1. The van der Waals surface area contributed by atoms with E-state index in [9.17, 15) is 9.90 Å². The van der Waals surface area contributed by atoms with E-state index < -0.39 is 5.97 Å². The van der Waals surface area contributed by atoms with Gasteiger partial charge in [-0.05, 0) is 42.7 Å². The molecule has 0 spiro atoms. The van der Waals surface area contributed by atoms with Crippen LogP contribution in [0.25, 0.3) is 6.08 Å². The number of phenols is 1. The molecule has 1 aromatic carbocycles. The van der Waals surface area contributed by atoms with Crippen molar-refractivity contribution in [2.45, 2.75) is 13.3 Å². The van der Waals surface area contributed by atoms with Gasteiger partial charge in [0.15, 0.2) is 0 Å². The van der Waals surface area contributed by atoms with Crippen LogP contribution >= 0.6 is 0 Å². The molecule has 4 nitrogen and oxygen atoms in total. The summed E-state index contributed by atoms with van der Waals surface area (Å²) in [6.07, 6.45) is 5.32. The van der Waals surface area contributed by atoms with E-state index in [0.717, 1.165) is 16.7 Å². The monoisotopic (exact) mass is 262 g/mol. The number of carbonyl (C=O) groups excluding carboxylic acids is 1. The van der Waals surface area contributed by atoms with Gasteiger partial charge in [-0.25, -0.2) is 4.79 Å². The molecule has 102 valence electrons. The summed E-state index contributed by atoms with van der Waals surface area (Å²) in [4.78, 5) is 11.0. The van der Waals surface area contributed by atoms with Gasteiger partial charge in [-0.1, -0.05) is 17.7 Å². The number of benzene rings is 1. The van der Waals surface area contributed by atoms with Crippen LogP contribution in [-0.4, -0.2) is 29.9 Å². The molecule has 0 bridgehead atoms. The average molecular weight is 262 g/mol. The lowest BCUT2D eigenvalue weighted by atomic mass is 10.0. The number of ether oxygens (including phenoxy) is 1. The fourth-order valence-electron chi connectivity index (χ4n) is 1.45. The Morgan fingerprint density at radius 3 is 2.79 bits per heavy atom. The molecule has 1 rings (SSSR count). The molecule has 1 aromatic rings. The number of aromatic hydroxyl groups is 1. The first-order chi connectivity index (χ1) is 9.06. The van der Waals surface area contributed by atoms with Crippen molar-refractivity contribution < 1.29 is 19.7 Å². The lowest BCUT2D eigenvalue weighted by Crippen LogP contribution is -1.93. The van der Waals surface area contributed by atoms with E-state index in [1.54, 1.807) is 24.3 Å². The van der Waals surface area contributed by atoms with Gasteiger partial charge in [-0.2, -0.15) is 0 Å². The zero-order valence-electron chi connectivity index (χ0n) is 11.1. The summed E-state index contributed by atoms with van der Waals surface area (Å²) in [5.41, 5.74) is 2.38. The zero-order valence-corrected chi connectivity index (χ0v) is 11.1. The van der Waals surface area contributed by atoms with E-state index in [1.807, 2.05) is 13.0 Å². The van der Waals surface area contributed by atoms with Gasteiger partial charge >= 0.3 is 5.97 Å². The number of rotatable bonds is 5. The summed E-state index contributed by atoms with van der Waals surface area (Å²) in [5, 5.41) is 18.7. The minimum atomic E-state index is -0.425. The van der Waals surface area contributed by atoms with Crippen LogP contribution in [0.15, 0.2) is 35.9 Å². The number of hydrogen-bond donors (Lipinski definition) is 2. The van der Waals surface area contributed by atoms with Gasteiger partial charge in [0.05, 0.1) is 13.7 Å². The normalized spacial score (nSPS) is 11.8. The van der Waals surface area contributed by atoms with E-state index >= 15 is 0 Å². The molecule has 0 aliphatic heterocycles. The molecule has 0 saturated heterocycles. The fraction of sp³-hybridized carbons (Fsp3) is 0.267. The molecule has 2 N–H and O–H groups in total. The number of methoxy groups -OCH3 is 1. The van der Waals surface area contributed by atoms with Crippen LogP contribution in [0.2, 0.25) is 0 Å². The Balaban J connectivity index is 2.88. The van der Waals surface area contributed by atoms with E-state index in [0.29, 0.717) is 6.42 Å². The van der Waals surface area contributed by atoms with Crippen molar-refractivity contribution in [2.24, 2.45) is 0 Å². The Kier molecular flexibility index (Phi) is 5.82. The molecule has 0 unspecified atom stereocenters. The fourth-order valence-corrected chi connectivity index (χ4v) is 1.45. The highest BCUT2D eigenvalue weighted by molar-refractivity contribution is 5.86. The number of carbonyl (C=O) groups is 1. The molecule has 0 aromatic heterocycles. The Morgan fingerprint density at radius 1 is 1.42 bits per heavy atom. The molecule has 0 saturated carbocycles. The lowest BCUT2D eigenvalue weighted by molar-refractivity contribution is -0.134. The number of allylic oxidation sites excluding steroid dienone is 1. The highest BCUT2D eigenvalue weighted by Gasteiger charge is 2.01. The first-order valence-corrected chi connectivity index (χ1v) is 5.91. The molecule has 0 amide bonds. The number of aliphatic hydroxyl groups excluding tert-OH is 1. The van der Waals surface area contributed by atoms with Gasteiger partial charge in [0.2, 0.25) is 0 Å². The maximum Gasteiger partial charge on any atom is 0.330 e. The van der Waals surface area contributed by atoms with Crippen LogP contribution in [0.3, 0.4) is 0 Å². The quantitative estimate of drug-likeness (QED) is 0.484. The second-order valence-electron chi connectivity index (χ2n) is 4.16. The van der Waals surface area contributed by atoms with E-state index in [2.05, 4.69) is 4.74 Å². The van der Waals surface area contributed by atoms with Crippen molar-refractivity contribution in [2.75, 3.05) is 13.7 Å². The van der Waals surface area contributed by atoms with Crippen molar-refractivity contribution in [1.82, 2.24) is 0 Å². The van der Waals surface area contributed by atoms with Crippen molar-refractivity contribution >= 4 is 12.0 Å². The molecule has 0 aliphatic rings. The summed E-state index contributed by atoms with van der Waals surface area (Å²) < 4.78 is 4.51. The summed E-state index contributed by atoms with van der Waals surface area (Å²) in [6, 6.07) is 5.07. The Labute approximate surface area is 112 Å². The minimum Gasteiger partial charge on any atom is -0.508 e. The Bertz CT molecular complexity index is 501. The van der Waals surface area contributed by atoms with E-state index in [1.165, 1.54) is 13.2 Å². The molecule has 0 radical (unpaired) electrons. The topological polar surface area (TPSA) is 66.8 Å². The molecule has 4 heteroatoms. The first-order valence-electron chi connectivity index (χ1n) is 5.91. The minimum absolute atomic E-state index is 0.00267. The van der Waals surface area contributed by atoms with Gasteiger partial charge in [0.25, 0.3) is 0 Å². The van der Waals surface area contributed by atoms with Gasteiger partial charge in [-0.15, -0.1) is 0 Å². The molecule has 0 heterocycles. The van der Waals surface area contributed by atoms with Gasteiger partial charge in [0, 0.05) is 6.08 Å². The predicted octanol–water partition coefficient (Wildman–Crippen LogP) is 2.06. The molecule has 0 aliphatic carbocycles. The third kappa shape index (κ3) is 4.97. The smallest absolute Gasteiger partial charge is 0.330 e. The maximum atomic E-state index is 11.0. The molecular weight excluding hydrogens is 244 g/mol. The standard InChI is InChI=1S/C15H18O4/c1-11(10-16)3-6-13-9-12(4-7-14(13)17)5-8-15(18)19-2/h3-5,7-9,16-17H,6,10H2,1-2H3/b8-5+,11-3+. The van der Waals surface area contributed by atoms with Gasteiger partial charge in [0.1, 0.15) is 5.75 Å². The van der Waals surface area contributed by atoms with E-state index in [-0.39, 0.29) is 12.4 Å². The summed E-state index contributed by atoms with van der Waals surface area (Å²) in [6.45, 7) is 1.82. The zero-order chi connectivity index (χ0) is 14.3. The van der Waals surface area contributed by atoms with Gasteiger partial charge in [-0.3, -0.25) is 0 Å². The van der Waals surface area contributed by atoms with Crippen LogP contribution in [0, 0.1) is 0 Å². The largest absolute Gasteiger partial charge is 0.508 e. The number of aliphatic hydroxyl groups is 1. The van der Waals surface area contributed by atoms with E-state index in [4.69, 9.17) is 5.11 Å². The Morgan fingerprint density at radius 2 is 2.16 bits per heavy atom. The van der Waals surface area contributed by atoms with Crippen molar-refractivity contribution in [3.8, 4) is 5.75 Å². The number of hydrogen-bond acceptors (Lipinski definition) is 4. The summed E-state index contributed by atoms with van der Waals surface area (Å²) >= 11 is 0. The SMILES string of the molecule is COC(=O)/C=C/c1ccc(O)c(C/C=C(\C)CO)c1. The second kappa shape index (κ2) is 7.38. The van der Waals surface area contributed by atoms with Crippen molar-refractivity contribution in [1.29, 1.82) is 0 Å². The molecular formula is C15H18O4. The molecule has 19 heavy (non-hydrogen) atoms. The third-order valence-corrected chi connectivity index (χ3v) is 2.64.